The maximum atomic E-state index is 9.98. The molecule has 0 aliphatic carbocycles. The van der Waals surface area contributed by atoms with Gasteiger partial charge in [0.1, 0.15) is 0 Å². The molecule has 0 aliphatic rings. The Kier molecular flexibility index (Phi) is 20.7. The average molecular weight is 232 g/mol. The molecule has 0 aromatic heterocycles. The Labute approximate surface area is 152 Å². The fourth-order valence-corrected chi connectivity index (χ4v) is 0.695. The molecule has 0 bridgehead atoms. The Balaban J connectivity index is -0.000000320. The molecule has 2 N–H and O–H groups in total. The van der Waals surface area contributed by atoms with Crippen LogP contribution < -0.4 is 0 Å². The fraction of sp³-hybridized carbons (Fsp3) is 1.00. The summed E-state index contributed by atoms with van der Waals surface area (Å²) in [5.74, 6) is 0. The van der Waals surface area contributed by atoms with Crippen molar-refractivity contribution >= 4 is 111 Å². The third-order valence-corrected chi connectivity index (χ3v) is 1.28. The van der Waals surface area contributed by atoms with E-state index < -0.39 is 7.82 Å². The first-order valence-corrected chi connectivity index (χ1v) is 4.29. The third kappa shape index (κ3) is 19.7. The van der Waals surface area contributed by atoms with Gasteiger partial charge in [0.25, 0.3) is 0 Å². The summed E-state index contributed by atoms with van der Waals surface area (Å²) in [6.45, 7) is 2.06. The Morgan fingerprint density at radius 2 is 1.82 bits per heavy atom. The van der Waals surface area contributed by atoms with Crippen LogP contribution in [-0.4, -0.2) is 119 Å². The van der Waals surface area contributed by atoms with Gasteiger partial charge in [-0.05, 0) is 6.42 Å². The summed E-state index contributed by atoms with van der Waals surface area (Å²) in [6, 6.07) is 0. The summed E-state index contributed by atoms with van der Waals surface area (Å²) in [4.78, 5) is 16.3. The first-order valence-electron chi connectivity index (χ1n) is 2.76. The molecule has 0 aliphatic heterocycles. The molecule has 0 amide bonds. The van der Waals surface area contributed by atoms with Gasteiger partial charge in [0, 0.05) is 103 Å². The summed E-state index contributed by atoms with van der Waals surface area (Å²) >= 11 is 0. The van der Waals surface area contributed by atoms with Gasteiger partial charge in [0.2, 0.25) is 0 Å². The van der Waals surface area contributed by atoms with Crippen molar-refractivity contribution < 1.29 is 18.9 Å². The molecule has 0 spiro atoms. The molecular weight excluding hydrogens is 221 g/mol. The van der Waals surface area contributed by atoms with Crippen LogP contribution in [0.25, 0.3) is 0 Å². The predicted octanol–water partition coefficient (Wildman–Crippen LogP) is 0.134. The quantitative estimate of drug-likeness (QED) is 0.411. The van der Waals surface area contributed by atoms with Crippen LogP contribution in [0.5, 0.6) is 0 Å². The van der Waals surface area contributed by atoms with Gasteiger partial charge in [-0.3, -0.25) is 4.52 Å². The van der Waals surface area contributed by atoms with Crippen LogP contribution in [0.15, 0.2) is 0 Å². The minimum absolute atomic E-state index is 0. The van der Waals surface area contributed by atoms with E-state index in [0.29, 0.717) is 6.42 Å². The van der Waals surface area contributed by atoms with E-state index in [4.69, 9.17) is 9.79 Å². The normalized spacial score (nSPS) is 9.73. The van der Waals surface area contributed by atoms with Crippen molar-refractivity contribution in [3.63, 3.8) is 0 Å². The van der Waals surface area contributed by atoms with Gasteiger partial charge in [-0.2, -0.15) is 0 Å². The molecule has 0 unspecified atom stereocenters. The van der Waals surface area contributed by atoms with E-state index in [1.165, 1.54) is 0 Å². The van der Waals surface area contributed by atoms with Gasteiger partial charge in [-0.25, -0.2) is 4.57 Å². The minimum atomic E-state index is -4.20. The zero-order chi connectivity index (χ0) is 7.33. The van der Waals surface area contributed by atoms with E-state index in [1.54, 1.807) is 0 Å². The molecule has 0 rings (SSSR count). The maximum Gasteiger partial charge on any atom is 0.469 e. The first-order chi connectivity index (χ1) is 4.06. The van der Waals surface area contributed by atoms with Crippen molar-refractivity contribution in [3.8, 4) is 0 Å². The number of hydrogen-bond donors (Lipinski definition) is 2. The average Bonchev–Trinajstić information content (AvgIpc) is 1.63. The van der Waals surface area contributed by atoms with E-state index in [2.05, 4.69) is 4.52 Å². The second-order valence-electron chi connectivity index (χ2n) is 1.68. The Morgan fingerprint density at radius 3 is 2.09 bits per heavy atom. The molecule has 2 radical (unpaired) electrons. The SMILES string of the molecule is CCCCOP(=O)(O)O.[K].[K]. The summed E-state index contributed by atoms with van der Waals surface area (Å²) in [7, 11) is -4.20. The second-order valence-corrected chi connectivity index (χ2v) is 2.92. The van der Waals surface area contributed by atoms with Gasteiger partial charge in [0.05, 0.1) is 6.61 Å². The van der Waals surface area contributed by atoms with E-state index in [9.17, 15) is 4.57 Å². The van der Waals surface area contributed by atoms with Crippen molar-refractivity contribution in [3.05, 3.63) is 0 Å². The first kappa shape index (κ1) is 19.9. The summed E-state index contributed by atoms with van der Waals surface area (Å²) < 4.78 is 14.1. The molecule has 0 saturated heterocycles. The van der Waals surface area contributed by atoms with E-state index in [1.807, 2.05) is 6.92 Å². The van der Waals surface area contributed by atoms with Gasteiger partial charge < -0.3 is 9.79 Å². The standard InChI is InChI=1S/C4H11O4P.2K/c1-2-3-4-8-9(5,6)7;;/h2-4H2,1H3,(H2,5,6,7);;. The van der Waals surface area contributed by atoms with Crippen molar-refractivity contribution in [2.45, 2.75) is 19.8 Å². The molecule has 0 saturated carbocycles. The zero-order valence-corrected chi connectivity index (χ0v) is 14.4. The summed E-state index contributed by atoms with van der Waals surface area (Å²) in [5, 5.41) is 0. The zero-order valence-electron chi connectivity index (χ0n) is 7.28. The van der Waals surface area contributed by atoms with Crippen LogP contribution in [0.4, 0.5) is 0 Å². The number of rotatable bonds is 4. The molecule has 58 valence electrons. The van der Waals surface area contributed by atoms with Gasteiger partial charge in [-0.15, -0.1) is 0 Å². The Morgan fingerprint density at radius 1 is 1.36 bits per heavy atom. The van der Waals surface area contributed by atoms with Gasteiger partial charge in [-0.1, -0.05) is 13.3 Å². The molecule has 7 heteroatoms. The number of hydrogen-bond acceptors (Lipinski definition) is 2. The molecule has 0 fully saturated rings. The van der Waals surface area contributed by atoms with Crippen LogP contribution >= 0.6 is 7.82 Å². The molecule has 0 aromatic rings. The third-order valence-electron chi connectivity index (χ3n) is 0.757. The largest absolute Gasteiger partial charge is 0.469 e. The van der Waals surface area contributed by atoms with Crippen molar-refractivity contribution in [1.29, 1.82) is 0 Å². The van der Waals surface area contributed by atoms with Crippen LogP contribution in [0, 0.1) is 0 Å². The minimum Gasteiger partial charge on any atom is -0.303 e. The maximum absolute atomic E-state index is 9.98. The summed E-state index contributed by atoms with van der Waals surface area (Å²) in [5.41, 5.74) is 0. The second kappa shape index (κ2) is 11.5. The van der Waals surface area contributed by atoms with Crippen molar-refractivity contribution in [2.24, 2.45) is 0 Å². The molecular formula is C4H11K2O4P. The Bertz CT molecular complexity index is 115. The van der Waals surface area contributed by atoms with E-state index in [-0.39, 0.29) is 109 Å². The van der Waals surface area contributed by atoms with Crippen LogP contribution in [0.3, 0.4) is 0 Å². The van der Waals surface area contributed by atoms with Crippen LogP contribution in [0.1, 0.15) is 19.8 Å². The molecule has 0 heterocycles. The predicted molar refractivity (Wildman–Crippen MR) is 44.4 cm³/mol. The van der Waals surface area contributed by atoms with Gasteiger partial charge >= 0.3 is 7.82 Å². The van der Waals surface area contributed by atoms with E-state index >= 15 is 0 Å². The Hall–Kier alpha value is 3.38. The number of phosphoric acid groups is 1. The fourth-order valence-electron chi connectivity index (χ4n) is 0.328. The number of unbranched alkanes of at least 4 members (excludes halogenated alkanes) is 1. The molecule has 4 nitrogen and oxygen atoms in total. The molecule has 0 aromatic carbocycles. The van der Waals surface area contributed by atoms with Gasteiger partial charge in [0.15, 0.2) is 0 Å². The smallest absolute Gasteiger partial charge is 0.303 e. The van der Waals surface area contributed by atoms with Crippen molar-refractivity contribution in [2.75, 3.05) is 6.61 Å². The van der Waals surface area contributed by atoms with E-state index in [0.717, 1.165) is 6.42 Å². The topological polar surface area (TPSA) is 66.8 Å². The molecule has 0 atom stereocenters. The summed E-state index contributed by atoms with van der Waals surface area (Å²) in [6.07, 6.45) is 1.56. The van der Waals surface area contributed by atoms with Crippen LogP contribution in [0.2, 0.25) is 0 Å². The van der Waals surface area contributed by atoms with Crippen LogP contribution in [-0.2, 0) is 9.09 Å². The molecule has 11 heavy (non-hydrogen) atoms. The van der Waals surface area contributed by atoms with Crippen molar-refractivity contribution in [1.82, 2.24) is 0 Å². The number of phosphoric ester groups is 1. The monoisotopic (exact) mass is 232 g/mol.